The van der Waals surface area contributed by atoms with Crippen LogP contribution in [0.4, 0.5) is 15.8 Å². The first-order valence-corrected chi connectivity index (χ1v) is 11.5. The molecule has 3 rings (SSSR count). The van der Waals surface area contributed by atoms with E-state index in [0.717, 1.165) is 22.6 Å². The van der Waals surface area contributed by atoms with Gasteiger partial charge in [0.1, 0.15) is 5.82 Å². The lowest BCUT2D eigenvalue weighted by Gasteiger charge is -2.09. The van der Waals surface area contributed by atoms with E-state index in [1.807, 2.05) is 13.8 Å². The number of hydrogen-bond donors (Lipinski definition) is 2. The monoisotopic (exact) mass is 444 g/mol. The Hall–Kier alpha value is -3.20. The summed E-state index contributed by atoms with van der Waals surface area (Å²) < 4.78 is 41.1. The van der Waals surface area contributed by atoms with E-state index >= 15 is 0 Å². The van der Waals surface area contributed by atoms with Crippen molar-refractivity contribution in [1.29, 1.82) is 0 Å². The van der Waals surface area contributed by atoms with E-state index in [0.29, 0.717) is 17.8 Å². The number of rotatable bonds is 8. The van der Waals surface area contributed by atoms with Crippen LogP contribution in [0.5, 0.6) is 0 Å². The molecule has 1 amide bonds. The molecule has 0 saturated heterocycles. The number of carbonyl (C=O) groups excluding carboxylic acids is 1. The summed E-state index contributed by atoms with van der Waals surface area (Å²) in [5, 5.41) is 7.29. The minimum atomic E-state index is -3.36. The molecular formula is C22H25FN4O3S. The van der Waals surface area contributed by atoms with Crippen molar-refractivity contribution >= 4 is 27.3 Å². The number of benzene rings is 2. The standard InChI is InChI=1S/C22H25FN4O3S/c1-4-13-31(29,30)26-19-9-7-18(8-10-19)24-22(28)14-21-15(2)25-27(16(21)3)20-11-5-17(23)6-12-20/h5-12,26H,4,13-14H2,1-3H3,(H,24,28). The van der Waals surface area contributed by atoms with Gasteiger partial charge in [-0.1, -0.05) is 6.92 Å². The van der Waals surface area contributed by atoms with E-state index in [-0.39, 0.29) is 23.9 Å². The van der Waals surface area contributed by atoms with Gasteiger partial charge in [-0.2, -0.15) is 5.10 Å². The Kier molecular flexibility index (Phi) is 6.74. The minimum Gasteiger partial charge on any atom is -0.326 e. The zero-order valence-corrected chi connectivity index (χ0v) is 18.5. The maximum atomic E-state index is 13.2. The smallest absolute Gasteiger partial charge is 0.232 e. The third-order valence-corrected chi connectivity index (χ3v) is 6.26. The van der Waals surface area contributed by atoms with Crippen molar-refractivity contribution in [3.63, 3.8) is 0 Å². The van der Waals surface area contributed by atoms with E-state index in [1.165, 1.54) is 12.1 Å². The highest BCUT2D eigenvalue weighted by Crippen LogP contribution is 2.20. The summed E-state index contributed by atoms with van der Waals surface area (Å²) in [6, 6.07) is 12.5. The van der Waals surface area contributed by atoms with Crippen LogP contribution in [0.25, 0.3) is 5.69 Å². The molecule has 1 heterocycles. The van der Waals surface area contributed by atoms with Crippen molar-refractivity contribution in [2.45, 2.75) is 33.6 Å². The number of nitrogens with zero attached hydrogens (tertiary/aromatic N) is 2. The van der Waals surface area contributed by atoms with E-state index in [2.05, 4.69) is 15.1 Å². The van der Waals surface area contributed by atoms with Gasteiger partial charge in [-0.15, -0.1) is 0 Å². The van der Waals surface area contributed by atoms with E-state index < -0.39 is 10.0 Å². The van der Waals surface area contributed by atoms with Crippen molar-refractivity contribution < 1.29 is 17.6 Å². The Labute approximate surface area is 181 Å². The second kappa shape index (κ2) is 9.30. The predicted molar refractivity (Wildman–Crippen MR) is 119 cm³/mol. The second-order valence-electron chi connectivity index (χ2n) is 7.26. The topological polar surface area (TPSA) is 93.1 Å². The van der Waals surface area contributed by atoms with Gasteiger partial charge in [0.25, 0.3) is 0 Å². The molecule has 0 aliphatic heterocycles. The molecule has 0 spiro atoms. The molecule has 7 nitrogen and oxygen atoms in total. The van der Waals surface area contributed by atoms with Crippen LogP contribution in [0.3, 0.4) is 0 Å². The summed E-state index contributed by atoms with van der Waals surface area (Å²) >= 11 is 0. The van der Waals surface area contributed by atoms with E-state index in [9.17, 15) is 17.6 Å². The molecule has 9 heteroatoms. The summed E-state index contributed by atoms with van der Waals surface area (Å²) in [6.07, 6.45) is 0.657. The number of aryl methyl sites for hydroxylation is 1. The van der Waals surface area contributed by atoms with Gasteiger partial charge in [-0.3, -0.25) is 9.52 Å². The van der Waals surface area contributed by atoms with Crippen LogP contribution < -0.4 is 10.0 Å². The molecule has 164 valence electrons. The van der Waals surface area contributed by atoms with Crippen LogP contribution in [-0.4, -0.2) is 29.9 Å². The van der Waals surface area contributed by atoms with Gasteiger partial charge >= 0.3 is 0 Å². The van der Waals surface area contributed by atoms with Crippen molar-refractivity contribution in [2.24, 2.45) is 0 Å². The Morgan fingerprint density at radius 3 is 2.26 bits per heavy atom. The van der Waals surface area contributed by atoms with Gasteiger partial charge in [0.2, 0.25) is 15.9 Å². The van der Waals surface area contributed by atoms with Crippen LogP contribution in [0.15, 0.2) is 48.5 Å². The Balaban J connectivity index is 1.68. The van der Waals surface area contributed by atoms with Gasteiger partial charge < -0.3 is 5.32 Å². The number of nitrogens with one attached hydrogen (secondary N) is 2. The molecular weight excluding hydrogens is 419 g/mol. The quantitative estimate of drug-likeness (QED) is 0.550. The van der Waals surface area contributed by atoms with Gasteiger partial charge in [0.05, 0.1) is 23.6 Å². The van der Waals surface area contributed by atoms with Crippen molar-refractivity contribution in [3.05, 3.63) is 71.3 Å². The predicted octanol–water partition coefficient (Wildman–Crippen LogP) is 3.96. The van der Waals surface area contributed by atoms with E-state index in [4.69, 9.17) is 0 Å². The molecule has 1 aromatic heterocycles. The number of aromatic nitrogens is 2. The number of sulfonamides is 1. The van der Waals surface area contributed by atoms with Gasteiger partial charge in [0, 0.05) is 22.6 Å². The summed E-state index contributed by atoms with van der Waals surface area (Å²) in [6.45, 7) is 5.49. The fourth-order valence-electron chi connectivity index (χ4n) is 3.25. The fourth-order valence-corrected chi connectivity index (χ4v) is 4.39. The Morgan fingerprint density at radius 2 is 1.65 bits per heavy atom. The summed E-state index contributed by atoms with van der Waals surface area (Å²) in [4.78, 5) is 12.6. The van der Waals surface area contributed by atoms with Gasteiger partial charge in [-0.05, 0) is 68.8 Å². The summed E-state index contributed by atoms with van der Waals surface area (Å²) in [5.41, 5.74) is 4.04. The van der Waals surface area contributed by atoms with Gasteiger partial charge in [0.15, 0.2) is 0 Å². The molecule has 0 saturated carbocycles. The third-order valence-electron chi connectivity index (χ3n) is 4.76. The number of amides is 1. The molecule has 0 unspecified atom stereocenters. The number of anilines is 2. The lowest BCUT2D eigenvalue weighted by atomic mass is 10.1. The van der Waals surface area contributed by atoms with Crippen LogP contribution in [0, 0.1) is 19.7 Å². The first kappa shape index (κ1) is 22.5. The fraction of sp³-hybridized carbons (Fsp3) is 0.273. The molecule has 0 aliphatic carbocycles. The van der Waals surface area contributed by atoms with Crippen molar-refractivity contribution in [1.82, 2.24) is 9.78 Å². The molecule has 2 aromatic carbocycles. The van der Waals surface area contributed by atoms with Crippen molar-refractivity contribution in [2.75, 3.05) is 15.8 Å². The number of hydrogen-bond acceptors (Lipinski definition) is 4. The average molecular weight is 445 g/mol. The van der Waals surface area contributed by atoms with Crippen LogP contribution >= 0.6 is 0 Å². The lowest BCUT2D eigenvalue weighted by molar-refractivity contribution is -0.115. The molecule has 0 radical (unpaired) electrons. The van der Waals surface area contributed by atoms with Crippen molar-refractivity contribution in [3.8, 4) is 5.69 Å². The first-order valence-electron chi connectivity index (χ1n) is 9.90. The second-order valence-corrected chi connectivity index (χ2v) is 9.10. The minimum absolute atomic E-state index is 0.0514. The zero-order valence-electron chi connectivity index (χ0n) is 17.6. The zero-order chi connectivity index (χ0) is 22.6. The van der Waals surface area contributed by atoms with E-state index in [1.54, 1.807) is 48.0 Å². The molecule has 0 bridgehead atoms. The highest BCUT2D eigenvalue weighted by atomic mass is 32.2. The number of halogens is 1. The maximum Gasteiger partial charge on any atom is 0.232 e. The SMILES string of the molecule is CCCS(=O)(=O)Nc1ccc(NC(=O)Cc2c(C)nn(-c3ccc(F)cc3)c2C)cc1. The highest BCUT2D eigenvalue weighted by Gasteiger charge is 2.16. The normalized spacial score (nSPS) is 11.4. The summed E-state index contributed by atoms with van der Waals surface area (Å²) in [5.74, 6) is -0.492. The lowest BCUT2D eigenvalue weighted by Crippen LogP contribution is -2.17. The highest BCUT2D eigenvalue weighted by molar-refractivity contribution is 7.92. The largest absolute Gasteiger partial charge is 0.326 e. The third kappa shape index (κ3) is 5.69. The van der Waals surface area contributed by atoms with Crippen LogP contribution in [0.2, 0.25) is 0 Å². The molecule has 2 N–H and O–H groups in total. The maximum absolute atomic E-state index is 13.2. The molecule has 0 aliphatic rings. The van der Waals surface area contributed by atoms with Crippen LogP contribution in [0.1, 0.15) is 30.3 Å². The first-order chi connectivity index (χ1) is 14.7. The molecule has 0 atom stereocenters. The molecule has 31 heavy (non-hydrogen) atoms. The van der Waals surface area contributed by atoms with Crippen LogP contribution in [-0.2, 0) is 21.2 Å². The summed E-state index contributed by atoms with van der Waals surface area (Å²) in [7, 11) is -3.36. The average Bonchev–Trinajstić information content (AvgIpc) is 2.98. The molecule has 3 aromatic rings. The Morgan fingerprint density at radius 1 is 1.03 bits per heavy atom. The number of carbonyl (C=O) groups is 1. The Bertz CT molecular complexity index is 1170. The van der Waals surface area contributed by atoms with Gasteiger partial charge in [-0.25, -0.2) is 17.5 Å². The molecule has 0 fully saturated rings.